The second kappa shape index (κ2) is 9.21. The maximum Gasteiger partial charge on any atom is 0.147 e. The lowest BCUT2D eigenvalue weighted by Gasteiger charge is -2.13. The largest absolute Gasteiger partial charge is 0.487 e. The molecule has 6 heteroatoms. The van der Waals surface area contributed by atoms with Crippen LogP contribution in [0.25, 0.3) is 11.0 Å². The summed E-state index contributed by atoms with van der Waals surface area (Å²) in [6.45, 7) is 5.17. The molecule has 2 aromatic carbocycles. The van der Waals surface area contributed by atoms with E-state index >= 15 is 0 Å². The molecule has 152 valence electrons. The molecule has 0 bridgehead atoms. The smallest absolute Gasteiger partial charge is 0.147 e. The molecule has 0 atom stereocenters. The number of hydrogen-bond donors (Lipinski definition) is 0. The van der Waals surface area contributed by atoms with Crippen molar-refractivity contribution in [3.63, 3.8) is 0 Å². The van der Waals surface area contributed by atoms with Crippen molar-refractivity contribution in [2.24, 2.45) is 0 Å². The van der Waals surface area contributed by atoms with Crippen LogP contribution in [0.4, 0.5) is 0 Å². The first-order valence-corrected chi connectivity index (χ1v) is 9.76. The summed E-state index contributed by atoms with van der Waals surface area (Å²) in [4.78, 5) is 4.59. The quantitative estimate of drug-likeness (QED) is 0.371. The van der Waals surface area contributed by atoms with Gasteiger partial charge in [0, 0.05) is 29.5 Å². The molecule has 2 aromatic heterocycles. The number of aromatic nitrogens is 2. The van der Waals surface area contributed by atoms with E-state index in [1.54, 1.807) is 6.20 Å². The van der Waals surface area contributed by atoms with E-state index in [0.717, 1.165) is 39.2 Å². The molecule has 0 radical (unpaired) electrons. The Bertz CT molecular complexity index is 1220. The molecule has 0 aliphatic heterocycles. The molecule has 0 spiro atoms. The average Bonchev–Trinajstić information content (AvgIpc) is 2.99. The maximum atomic E-state index is 9.46. The topological polar surface area (TPSA) is 50.8 Å². The Kier molecular flexibility index (Phi) is 6.66. The standard InChI is InChI=1S/C24H20ClN3O.ClH/c1-16-17(2)28(14-20-6-4-3-5-19(20)13-26)24-22(11-12-27-23(16)24)29-15-18-7-9-21(25)10-8-18;/h3-12H,14-15H2,1-2H3;1H. The van der Waals surface area contributed by atoms with Crippen LogP contribution in [-0.2, 0) is 13.2 Å². The Hall–Kier alpha value is -3.00. The van der Waals surface area contributed by atoms with Crippen molar-refractivity contribution in [3.05, 3.63) is 93.8 Å². The minimum Gasteiger partial charge on any atom is -0.487 e. The van der Waals surface area contributed by atoms with Crippen molar-refractivity contribution in [3.8, 4) is 11.8 Å². The van der Waals surface area contributed by atoms with Crippen molar-refractivity contribution in [1.29, 1.82) is 5.26 Å². The average molecular weight is 438 g/mol. The van der Waals surface area contributed by atoms with Crippen molar-refractivity contribution in [2.75, 3.05) is 0 Å². The monoisotopic (exact) mass is 437 g/mol. The fourth-order valence-electron chi connectivity index (χ4n) is 3.51. The van der Waals surface area contributed by atoms with E-state index in [2.05, 4.69) is 29.5 Å². The lowest BCUT2D eigenvalue weighted by molar-refractivity contribution is 0.308. The zero-order chi connectivity index (χ0) is 20.4. The molecule has 0 saturated carbocycles. The fraction of sp³-hybridized carbons (Fsp3) is 0.167. The van der Waals surface area contributed by atoms with E-state index in [4.69, 9.17) is 16.3 Å². The molecule has 0 saturated heterocycles. The predicted molar refractivity (Wildman–Crippen MR) is 122 cm³/mol. The van der Waals surface area contributed by atoms with E-state index < -0.39 is 0 Å². The van der Waals surface area contributed by atoms with Crippen LogP contribution in [0.2, 0.25) is 5.02 Å². The van der Waals surface area contributed by atoms with Gasteiger partial charge in [-0.3, -0.25) is 4.98 Å². The van der Waals surface area contributed by atoms with Crippen LogP contribution >= 0.6 is 24.0 Å². The van der Waals surface area contributed by atoms with E-state index in [-0.39, 0.29) is 12.4 Å². The predicted octanol–water partition coefficient (Wildman–Crippen LogP) is 6.23. The highest BCUT2D eigenvalue weighted by Crippen LogP contribution is 2.32. The Labute approximate surface area is 187 Å². The Balaban J connectivity index is 0.00000256. The first-order chi connectivity index (χ1) is 14.1. The van der Waals surface area contributed by atoms with Crippen molar-refractivity contribution in [2.45, 2.75) is 27.0 Å². The number of nitrogens with zero attached hydrogens (tertiary/aromatic N) is 3. The molecule has 0 unspecified atom stereocenters. The van der Waals surface area contributed by atoms with E-state index in [1.165, 1.54) is 0 Å². The Morgan fingerprint density at radius 3 is 2.53 bits per heavy atom. The van der Waals surface area contributed by atoms with Gasteiger partial charge in [-0.2, -0.15) is 5.26 Å². The molecule has 2 heterocycles. The van der Waals surface area contributed by atoms with Crippen LogP contribution in [0.5, 0.6) is 5.75 Å². The van der Waals surface area contributed by atoms with Crippen LogP contribution in [0.1, 0.15) is 27.9 Å². The van der Waals surface area contributed by atoms with Crippen molar-refractivity contribution in [1.82, 2.24) is 9.55 Å². The summed E-state index contributed by atoms with van der Waals surface area (Å²) in [5.74, 6) is 0.774. The number of benzene rings is 2. The molecular formula is C24H21Cl2N3O. The highest BCUT2D eigenvalue weighted by Gasteiger charge is 2.17. The van der Waals surface area contributed by atoms with Crippen molar-refractivity contribution >= 4 is 35.0 Å². The first-order valence-electron chi connectivity index (χ1n) is 9.38. The molecule has 4 aromatic rings. The Morgan fingerprint density at radius 2 is 1.80 bits per heavy atom. The number of hydrogen-bond acceptors (Lipinski definition) is 3. The lowest BCUT2D eigenvalue weighted by atomic mass is 10.1. The van der Waals surface area contributed by atoms with Gasteiger partial charge in [0.1, 0.15) is 17.9 Å². The summed E-state index contributed by atoms with van der Waals surface area (Å²) in [5, 5.41) is 10.2. The van der Waals surface area contributed by atoms with Crippen molar-refractivity contribution < 1.29 is 4.74 Å². The zero-order valence-electron chi connectivity index (χ0n) is 16.7. The molecule has 30 heavy (non-hydrogen) atoms. The number of aryl methyl sites for hydroxylation is 1. The molecule has 0 N–H and O–H groups in total. The summed E-state index contributed by atoms with van der Waals surface area (Å²) in [6, 6.07) is 19.5. The molecule has 0 amide bonds. The van der Waals surface area contributed by atoms with Gasteiger partial charge in [0.15, 0.2) is 0 Å². The van der Waals surface area contributed by atoms with Gasteiger partial charge in [-0.25, -0.2) is 0 Å². The first kappa shape index (κ1) is 21.7. The van der Waals surface area contributed by atoms with E-state index in [0.29, 0.717) is 23.7 Å². The van der Waals surface area contributed by atoms with Gasteiger partial charge in [0.05, 0.1) is 17.1 Å². The van der Waals surface area contributed by atoms with Crippen LogP contribution < -0.4 is 4.74 Å². The number of ether oxygens (including phenoxy) is 1. The minimum atomic E-state index is 0. The summed E-state index contributed by atoms with van der Waals surface area (Å²) < 4.78 is 8.37. The second-order valence-electron chi connectivity index (χ2n) is 6.99. The molecule has 0 fully saturated rings. The second-order valence-corrected chi connectivity index (χ2v) is 7.42. The summed E-state index contributed by atoms with van der Waals surface area (Å²) in [5.41, 5.74) is 6.80. The normalized spacial score (nSPS) is 10.5. The SMILES string of the molecule is Cc1c(C)n(Cc2ccccc2C#N)c2c(OCc3ccc(Cl)cc3)ccnc12.Cl. The highest BCUT2D eigenvalue weighted by atomic mass is 35.5. The van der Waals surface area contributed by atoms with Gasteiger partial charge >= 0.3 is 0 Å². The van der Waals surface area contributed by atoms with Gasteiger partial charge in [-0.1, -0.05) is 41.9 Å². The third-order valence-corrected chi connectivity index (χ3v) is 5.49. The van der Waals surface area contributed by atoms with Gasteiger partial charge in [0.2, 0.25) is 0 Å². The lowest BCUT2D eigenvalue weighted by Crippen LogP contribution is -2.05. The van der Waals surface area contributed by atoms with Crippen LogP contribution in [-0.4, -0.2) is 9.55 Å². The van der Waals surface area contributed by atoms with Gasteiger partial charge in [-0.05, 0) is 48.7 Å². The summed E-state index contributed by atoms with van der Waals surface area (Å²) >= 11 is 5.97. The van der Waals surface area contributed by atoms with Crippen LogP contribution in [0.15, 0.2) is 60.8 Å². The van der Waals surface area contributed by atoms with Gasteiger partial charge in [0.25, 0.3) is 0 Å². The van der Waals surface area contributed by atoms with Gasteiger partial charge < -0.3 is 9.30 Å². The highest BCUT2D eigenvalue weighted by molar-refractivity contribution is 6.30. The van der Waals surface area contributed by atoms with E-state index in [1.807, 2.05) is 54.6 Å². The number of pyridine rings is 1. The number of nitriles is 1. The molecule has 4 rings (SSSR count). The third kappa shape index (κ3) is 4.14. The van der Waals surface area contributed by atoms with Gasteiger partial charge in [-0.15, -0.1) is 12.4 Å². The zero-order valence-corrected chi connectivity index (χ0v) is 18.3. The maximum absolute atomic E-state index is 9.46. The van der Waals surface area contributed by atoms with Crippen LogP contribution in [0, 0.1) is 25.2 Å². The molecular weight excluding hydrogens is 417 g/mol. The van der Waals surface area contributed by atoms with Crippen LogP contribution in [0.3, 0.4) is 0 Å². The molecule has 0 aliphatic carbocycles. The third-order valence-electron chi connectivity index (χ3n) is 5.23. The summed E-state index contributed by atoms with van der Waals surface area (Å²) in [6.07, 6.45) is 1.78. The molecule has 0 aliphatic rings. The number of halogens is 2. The van der Waals surface area contributed by atoms with E-state index in [9.17, 15) is 5.26 Å². The Morgan fingerprint density at radius 1 is 1.07 bits per heavy atom. The molecule has 4 nitrogen and oxygen atoms in total. The number of rotatable bonds is 5. The summed E-state index contributed by atoms with van der Waals surface area (Å²) in [7, 11) is 0. The minimum absolute atomic E-state index is 0. The number of fused-ring (bicyclic) bond motifs is 1. The fourth-order valence-corrected chi connectivity index (χ4v) is 3.63.